The molecule has 13 heteroatoms. The van der Waals surface area contributed by atoms with E-state index in [9.17, 15) is 36.6 Å². The molecule has 1 aromatic heterocycles. The summed E-state index contributed by atoms with van der Waals surface area (Å²) in [6.45, 7) is 4.63. The molecule has 0 unspecified atom stereocenters. The molecule has 2 amide bonds. The molecule has 3 N–H and O–H groups in total. The van der Waals surface area contributed by atoms with Crippen molar-refractivity contribution in [2.75, 3.05) is 20.1 Å². The van der Waals surface area contributed by atoms with E-state index in [1.54, 1.807) is 24.9 Å². The normalized spacial score (nSPS) is 15.2. The second-order valence-corrected chi connectivity index (χ2v) is 12.5. The van der Waals surface area contributed by atoms with E-state index in [1.807, 2.05) is 0 Å². The van der Waals surface area contributed by atoms with Crippen LogP contribution in [0.2, 0.25) is 0 Å². The quantitative estimate of drug-likeness (QED) is 0.116. The molecule has 4 rings (SSSR count). The summed E-state index contributed by atoms with van der Waals surface area (Å²) in [7, 11) is 1.69. The Morgan fingerprint density at radius 3 is 2.33 bits per heavy atom. The van der Waals surface area contributed by atoms with Crippen LogP contribution in [0.5, 0.6) is 0 Å². The van der Waals surface area contributed by atoms with E-state index < -0.39 is 47.0 Å². The molecule has 1 fully saturated rings. The number of hydrogen-bond acceptors (Lipinski definition) is 5. The average molecular weight is 678 g/mol. The van der Waals surface area contributed by atoms with Crippen molar-refractivity contribution in [2.24, 2.45) is 0 Å². The number of aryl methyl sites for hydroxylation is 1. The summed E-state index contributed by atoms with van der Waals surface area (Å²) in [4.78, 5) is 28.3. The third-order valence-electron chi connectivity index (χ3n) is 8.78. The second-order valence-electron chi connectivity index (χ2n) is 12.5. The van der Waals surface area contributed by atoms with Gasteiger partial charge in [0.15, 0.2) is 5.69 Å². The number of alkyl halides is 3. The summed E-state index contributed by atoms with van der Waals surface area (Å²) in [5.74, 6) is -2.66. The first kappa shape index (κ1) is 37.0. The monoisotopic (exact) mass is 677 g/mol. The number of aliphatic hydroxyl groups excluding tert-OH is 1. The zero-order valence-corrected chi connectivity index (χ0v) is 27.5. The van der Waals surface area contributed by atoms with E-state index in [2.05, 4.69) is 22.7 Å². The van der Waals surface area contributed by atoms with Crippen molar-refractivity contribution in [3.8, 4) is 0 Å². The number of carbonyl (C=O) groups excluding carboxylic acids is 2. The van der Waals surface area contributed by atoms with E-state index in [4.69, 9.17) is 0 Å². The Bertz CT molecular complexity index is 1540. The van der Waals surface area contributed by atoms with Crippen molar-refractivity contribution < 1.29 is 36.6 Å². The SMILES string of the molecule is CCCCCCCN(C)C(=O)c1cc(C(=O)N[C@@H](Cc2cc(F)cc(F)c2)[C@H](O)CNC2(c3cccc(C(F)(F)F)c3)CC2)nn1CC. The average Bonchev–Trinajstić information content (AvgIpc) is 3.71. The summed E-state index contributed by atoms with van der Waals surface area (Å²) < 4.78 is 69.6. The van der Waals surface area contributed by atoms with Crippen LogP contribution in [0.25, 0.3) is 0 Å². The highest BCUT2D eigenvalue weighted by Gasteiger charge is 2.45. The van der Waals surface area contributed by atoms with Gasteiger partial charge in [0, 0.05) is 44.4 Å². The first-order valence-electron chi connectivity index (χ1n) is 16.5. The van der Waals surface area contributed by atoms with Crippen LogP contribution in [-0.4, -0.2) is 63.9 Å². The number of nitrogens with one attached hydrogen (secondary N) is 2. The second kappa shape index (κ2) is 16.0. The van der Waals surface area contributed by atoms with Gasteiger partial charge in [0.1, 0.15) is 17.3 Å². The largest absolute Gasteiger partial charge is 0.416 e. The molecule has 8 nitrogen and oxygen atoms in total. The van der Waals surface area contributed by atoms with Crippen LogP contribution in [-0.2, 0) is 24.7 Å². The van der Waals surface area contributed by atoms with Crippen LogP contribution in [0.1, 0.15) is 96.5 Å². The molecule has 2 atom stereocenters. The Labute approximate surface area is 277 Å². The third kappa shape index (κ3) is 9.62. The van der Waals surface area contributed by atoms with Crippen molar-refractivity contribution in [3.05, 3.63) is 88.2 Å². The Morgan fingerprint density at radius 1 is 1.02 bits per heavy atom. The minimum Gasteiger partial charge on any atom is -0.390 e. The van der Waals surface area contributed by atoms with Crippen LogP contribution in [0.15, 0.2) is 48.5 Å². The molecule has 2 aromatic carbocycles. The van der Waals surface area contributed by atoms with Gasteiger partial charge in [-0.2, -0.15) is 18.3 Å². The van der Waals surface area contributed by atoms with Gasteiger partial charge >= 0.3 is 6.18 Å². The number of carbonyl (C=O) groups is 2. The number of hydrogen-bond donors (Lipinski definition) is 3. The molecule has 0 saturated heterocycles. The van der Waals surface area contributed by atoms with E-state index >= 15 is 0 Å². The number of halogens is 5. The highest BCUT2D eigenvalue weighted by molar-refractivity contribution is 5.98. The first-order chi connectivity index (χ1) is 22.8. The van der Waals surface area contributed by atoms with Gasteiger partial charge < -0.3 is 20.6 Å². The van der Waals surface area contributed by atoms with Crippen LogP contribution in [0.3, 0.4) is 0 Å². The molecular formula is C35H44F5N5O3. The van der Waals surface area contributed by atoms with Gasteiger partial charge in [0.05, 0.1) is 17.7 Å². The van der Waals surface area contributed by atoms with Gasteiger partial charge in [-0.05, 0) is 68.0 Å². The molecular weight excluding hydrogens is 633 g/mol. The summed E-state index contributed by atoms with van der Waals surface area (Å²) >= 11 is 0. The van der Waals surface area contributed by atoms with Crippen LogP contribution >= 0.6 is 0 Å². The number of aliphatic hydroxyl groups is 1. The number of rotatable bonds is 17. The third-order valence-corrected chi connectivity index (χ3v) is 8.78. The van der Waals surface area contributed by atoms with Crippen molar-refractivity contribution in [2.45, 2.75) is 95.6 Å². The van der Waals surface area contributed by atoms with Crippen molar-refractivity contribution in [1.82, 2.24) is 25.3 Å². The Morgan fingerprint density at radius 2 is 1.71 bits per heavy atom. The summed E-state index contributed by atoms with van der Waals surface area (Å²) in [6, 6.07) is 8.17. The fourth-order valence-electron chi connectivity index (χ4n) is 5.83. The van der Waals surface area contributed by atoms with Gasteiger partial charge in [0.2, 0.25) is 0 Å². The molecule has 1 aliphatic carbocycles. The molecule has 0 bridgehead atoms. The highest BCUT2D eigenvalue weighted by Crippen LogP contribution is 2.46. The molecule has 262 valence electrons. The lowest BCUT2D eigenvalue weighted by Crippen LogP contribution is -2.50. The maximum absolute atomic E-state index is 14.1. The van der Waals surface area contributed by atoms with Crippen LogP contribution in [0, 0.1) is 11.6 Å². The first-order valence-corrected chi connectivity index (χ1v) is 16.5. The van der Waals surface area contributed by atoms with Gasteiger partial charge in [-0.15, -0.1) is 0 Å². The van der Waals surface area contributed by atoms with E-state index in [0.717, 1.165) is 56.4 Å². The van der Waals surface area contributed by atoms with E-state index in [1.165, 1.54) is 16.8 Å². The lowest BCUT2D eigenvalue weighted by Gasteiger charge is -2.27. The molecule has 1 saturated carbocycles. The highest BCUT2D eigenvalue weighted by atomic mass is 19.4. The number of unbranched alkanes of at least 4 members (excludes halogenated alkanes) is 4. The van der Waals surface area contributed by atoms with Crippen molar-refractivity contribution in [3.63, 3.8) is 0 Å². The summed E-state index contributed by atoms with van der Waals surface area (Å²) in [5.41, 5.74) is -0.832. The topological polar surface area (TPSA) is 99.5 Å². The predicted octanol–water partition coefficient (Wildman–Crippen LogP) is 6.22. The fraction of sp³-hybridized carbons (Fsp3) is 0.514. The minimum atomic E-state index is -4.51. The van der Waals surface area contributed by atoms with E-state index in [-0.39, 0.29) is 35.8 Å². The number of nitrogens with zero attached hydrogens (tertiary/aromatic N) is 3. The fourth-order valence-corrected chi connectivity index (χ4v) is 5.83. The maximum Gasteiger partial charge on any atom is 0.416 e. The van der Waals surface area contributed by atoms with Crippen LogP contribution < -0.4 is 10.6 Å². The zero-order valence-electron chi connectivity index (χ0n) is 27.5. The van der Waals surface area contributed by atoms with Gasteiger partial charge in [-0.1, -0.05) is 44.7 Å². The molecule has 1 heterocycles. The van der Waals surface area contributed by atoms with Crippen molar-refractivity contribution in [1.29, 1.82) is 0 Å². The zero-order chi connectivity index (χ0) is 35.1. The Balaban J connectivity index is 1.50. The standard InChI is InChI=1S/C35H44F5N5O3/c1-4-6-7-8-9-15-44(3)33(48)30-21-29(43-45(30)5-2)32(47)42-28(18-23-16-26(36)20-27(37)17-23)31(46)22-41-34(13-14-34)24-11-10-12-25(19-24)35(38,39)40/h10-12,16-17,19-21,28,31,41,46H,4-9,13-15,18,22H2,1-3H3,(H,42,47)/t28-,31+/m0/s1. The molecule has 0 aliphatic heterocycles. The minimum absolute atomic E-state index is 0.0743. The molecule has 3 aromatic rings. The maximum atomic E-state index is 14.1. The summed E-state index contributed by atoms with van der Waals surface area (Å²) in [6.07, 6.45) is 0.251. The number of aromatic nitrogens is 2. The van der Waals surface area contributed by atoms with E-state index in [0.29, 0.717) is 37.6 Å². The Kier molecular flexibility index (Phi) is 12.4. The molecule has 0 spiro atoms. The number of amides is 2. The van der Waals surface area contributed by atoms with Crippen molar-refractivity contribution >= 4 is 11.8 Å². The van der Waals surface area contributed by atoms with Gasteiger partial charge in [-0.3, -0.25) is 14.3 Å². The smallest absolute Gasteiger partial charge is 0.390 e. The van der Waals surface area contributed by atoms with Crippen LogP contribution in [0.4, 0.5) is 22.0 Å². The molecule has 1 aliphatic rings. The van der Waals surface area contributed by atoms with Gasteiger partial charge in [-0.25, -0.2) is 8.78 Å². The predicted molar refractivity (Wildman–Crippen MR) is 171 cm³/mol. The lowest BCUT2D eigenvalue weighted by molar-refractivity contribution is -0.137. The molecule has 48 heavy (non-hydrogen) atoms. The lowest BCUT2D eigenvalue weighted by atomic mass is 9.98. The summed E-state index contributed by atoms with van der Waals surface area (Å²) in [5, 5.41) is 21.5. The molecule has 0 radical (unpaired) electrons. The number of benzene rings is 2. The Hall–Kier alpha value is -3.84. The van der Waals surface area contributed by atoms with Gasteiger partial charge in [0.25, 0.3) is 11.8 Å².